The Morgan fingerprint density at radius 2 is 2.27 bits per heavy atom. The van der Waals surface area contributed by atoms with Gasteiger partial charge >= 0.3 is 0 Å². The third-order valence-electron chi connectivity index (χ3n) is 1.89. The van der Waals surface area contributed by atoms with Crippen LogP contribution >= 0.6 is 0 Å². The van der Waals surface area contributed by atoms with Crippen molar-refractivity contribution < 1.29 is 9.84 Å². The van der Waals surface area contributed by atoms with Crippen molar-refractivity contribution in [3.05, 3.63) is 0 Å². The fourth-order valence-corrected chi connectivity index (χ4v) is 1.10. The van der Waals surface area contributed by atoms with Crippen LogP contribution in [0, 0.1) is 0 Å². The van der Waals surface area contributed by atoms with Crippen molar-refractivity contribution in [2.45, 2.75) is 25.6 Å². The van der Waals surface area contributed by atoms with Crippen LogP contribution in [0.25, 0.3) is 0 Å². The molecule has 1 aliphatic rings. The van der Waals surface area contributed by atoms with Crippen LogP contribution < -0.4 is 5.84 Å². The highest BCUT2D eigenvalue weighted by Crippen LogP contribution is 2.15. The molecule has 11 heavy (non-hydrogen) atoms. The average Bonchev–Trinajstić information content (AvgIpc) is 1.86. The van der Waals surface area contributed by atoms with Crippen molar-refractivity contribution >= 4 is 0 Å². The molecular weight excluding hydrogens is 144 g/mol. The van der Waals surface area contributed by atoms with Gasteiger partial charge in [0.05, 0.1) is 18.3 Å². The Morgan fingerprint density at radius 1 is 1.64 bits per heavy atom. The number of hydrazine groups is 1. The van der Waals surface area contributed by atoms with Crippen LogP contribution in [-0.4, -0.2) is 41.5 Å². The van der Waals surface area contributed by atoms with Crippen molar-refractivity contribution in [3.63, 3.8) is 0 Å². The summed E-state index contributed by atoms with van der Waals surface area (Å²) >= 11 is 0. The van der Waals surface area contributed by atoms with E-state index in [2.05, 4.69) is 0 Å². The Balaban J connectivity index is 2.46. The summed E-state index contributed by atoms with van der Waals surface area (Å²) in [6, 6.07) is 0. The zero-order chi connectivity index (χ0) is 8.48. The van der Waals surface area contributed by atoms with E-state index in [1.807, 2.05) is 0 Å². The lowest BCUT2D eigenvalue weighted by molar-refractivity contribution is -0.127. The number of nitrogens with zero attached hydrogens (tertiary/aromatic N) is 1. The average molecular weight is 160 g/mol. The Morgan fingerprint density at radius 3 is 2.64 bits per heavy atom. The predicted octanol–water partition coefficient (Wildman–Crippen LogP) is -0.668. The van der Waals surface area contributed by atoms with E-state index in [-0.39, 0.29) is 6.10 Å². The van der Waals surface area contributed by atoms with Crippen LogP contribution in [-0.2, 0) is 4.74 Å². The summed E-state index contributed by atoms with van der Waals surface area (Å²) in [5, 5.41) is 11.2. The molecule has 0 spiro atoms. The van der Waals surface area contributed by atoms with Crippen molar-refractivity contribution in [1.82, 2.24) is 5.01 Å². The second kappa shape index (κ2) is 3.06. The molecule has 0 unspecified atom stereocenters. The smallest absolute Gasteiger partial charge is 0.0997 e. The summed E-state index contributed by atoms with van der Waals surface area (Å²) in [7, 11) is 0. The SMILES string of the molecule is CC(C)(O)[C@@H]1CN(N)CCO1. The summed E-state index contributed by atoms with van der Waals surface area (Å²) in [4.78, 5) is 0. The Kier molecular flexibility index (Phi) is 2.49. The van der Waals surface area contributed by atoms with Crippen LogP contribution in [0.3, 0.4) is 0 Å². The van der Waals surface area contributed by atoms with Crippen molar-refractivity contribution in [3.8, 4) is 0 Å². The zero-order valence-corrected chi connectivity index (χ0v) is 7.08. The van der Waals surface area contributed by atoms with Gasteiger partial charge in [0.15, 0.2) is 0 Å². The molecule has 1 fully saturated rings. The molecular formula is C7H16N2O2. The van der Waals surface area contributed by atoms with Crippen molar-refractivity contribution in [2.75, 3.05) is 19.7 Å². The molecule has 4 heteroatoms. The minimum Gasteiger partial charge on any atom is -0.388 e. The molecule has 3 N–H and O–H groups in total. The molecule has 1 aliphatic heterocycles. The van der Waals surface area contributed by atoms with E-state index in [4.69, 9.17) is 10.6 Å². The zero-order valence-electron chi connectivity index (χ0n) is 7.08. The van der Waals surface area contributed by atoms with E-state index in [1.54, 1.807) is 18.9 Å². The van der Waals surface area contributed by atoms with Gasteiger partial charge in [0.1, 0.15) is 0 Å². The monoisotopic (exact) mass is 160 g/mol. The maximum Gasteiger partial charge on any atom is 0.0997 e. The molecule has 0 amide bonds. The maximum absolute atomic E-state index is 9.55. The molecule has 0 saturated carbocycles. The first-order valence-electron chi connectivity index (χ1n) is 3.84. The van der Waals surface area contributed by atoms with Gasteiger partial charge in [-0.3, -0.25) is 5.84 Å². The standard InChI is InChI=1S/C7H16N2O2/c1-7(2,10)6-5-9(8)3-4-11-6/h6,10H,3-5,8H2,1-2H3/t6-/m0/s1. The minimum absolute atomic E-state index is 0.166. The summed E-state index contributed by atoms with van der Waals surface area (Å²) in [6.45, 7) is 5.41. The second-order valence-corrected chi connectivity index (χ2v) is 3.51. The minimum atomic E-state index is -0.794. The van der Waals surface area contributed by atoms with Crippen molar-refractivity contribution in [2.24, 2.45) is 5.84 Å². The van der Waals surface area contributed by atoms with Crippen LogP contribution in [0.1, 0.15) is 13.8 Å². The summed E-state index contributed by atoms with van der Waals surface area (Å²) in [5.41, 5.74) is -0.794. The topological polar surface area (TPSA) is 58.7 Å². The number of morpholine rings is 1. The van der Waals surface area contributed by atoms with Gasteiger partial charge in [-0.2, -0.15) is 0 Å². The summed E-state index contributed by atoms with van der Waals surface area (Å²) in [5.74, 6) is 5.56. The number of hydrogen-bond donors (Lipinski definition) is 2. The van der Waals surface area contributed by atoms with E-state index in [0.29, 0.717) is 13.2 Å². The van der Waals surface area contributed by atoms with E-state index < -0.39 is 5.60 Å². The Labute approximate surface area is 66.9 Å². The highest BCUT2D eigenvalue weighted by molar-refractivity contribution is 4.82. The van der Waals surface area contributed by atoms with Gasteiger partial charge in [0, 0.05) is 13.1 Å². The Hall–Kier alpha value is -0.160. The molecule has 4 nitrogen and oxygen atoms in total. The molecule has 1 heterocycles. The quantitative estimate of drug-likeness (QED) is 0.500. The molecule has 1 rings (SSSR count). The van der Waals surface area contributed by atoms with Gasteiger partial charge in [0.25, 0.3) is 0 Å². The van der Waals surface area contributed by atoms with E-state index >= 15 is 0 Å². The van der Waals surface area contributed by atoms with Crippen LogP contribution in [0.4, 0.5) is 0 Å². The maximum atomic E-state index is 9.55. The fourth-order valence-electron chi connectivity index (χ4n) is 1.10. The van der Waals surface area contributed by atoms with Crippen LogP contribution in [0.15, 0.2) is 0 Å². The molecule has 0 radical (unpaired) electrons. The second-order valence-electron chi connectivity index (χ2n) is 3.51. The van der Waals surface area contributed by atoms with Crippen LogP contribution in [0.5, 0.6) is 0 Å². The predicted molar refractivity (Wildman–Crippen MR) is 41.8 cm³/mol. The largest absolute Gasteiger partial charge is 0.388 e. The molecule has 0 aliphatic carbocycles. The normalized spacial score (nSPS) is 28.9. The van der Waals surface area contributed by atoms with Gasteiger partial charge < -0.3 is 9.84 Å². The third-order valence-corrected chi connectivity index (χ3v) is 1.89. The first-order valence-corrected chi connectivity index (χ1v) is 3.84. The van der Waals surface area contributed by atoms with Gasteiger partial charge in [-0.25, -0.2) is 5.01 Å². The molecule has 0 aromatic rings. The number of ether oxygens (including phenoxy) is 1. The lowest BCUT2D eigenvalue weighted by Gasteiger charge is -2.36. The molecule has 0 bridgehead atoms. The highest BCUT2D eigenvalue weighted by Gasteiger charge is 2.31. The molecule has 66 valence electrons. The van der Waals surface area contributed by atoms with Gasteiger partial charge in [-0.1, -0.05) is 0 Å². The fraction of sp³-hybridized carbons (Fsp3) is 1.00. The molecule has 1 atom stereocenters. The summed E-state index contributed by atoms with van der Waals surface area (Å²) < 4.78 is 5.34. The first kappa shape index (κ1) is 8.93. The summed E-state index contributed by atoms with van der Waals surface area (Å²) in [6.07, 6.45) is -0.166. The molecule has 0 aromatic carbocycles. The number of nitrogens with two attached hydrogens (primary N) is 1. The van der Waals surface area contributed by atoms with Crippen LogP contribution in [0.2, 0.25) is 0 Å². The van der Waals surface area contributed by atoms with Crippen molar-refractivity contribution in [1.29, 1.82) is 0 Å². The van der Waals surface area contributed by atoms with Gasteiger partial charge in [-0.15, -0.1) is 0 Å². The Bertz CT molecular complexity index is 133. The number of rotatable bonds is 1. The number of hydrogen-bond acceptors (Lipinski definition) is 4. The number of aliphatic hydroxyl groups is 1. The van der Waals surface area contributed by atoms with E-state index in [1.165, 1.54) is 0 Å². The first-order chi connectivity index (χ1) is 5.00. The van der Waals surface area contributed by atoms with Gasteiger partial charge in [0.2, 0.25) is 0 Å². The van der Waals surface area contributed by atoms with E-state index in [9.17, 15) is 5.11 Å². The van der Waals surface area contributed by atoms with E-state index in [0.717, 1.165) is 6.54 Å². The molecule has 0 aromatic heterocycles. The van der Waals surface area contributed by atoms with Gasteiger partial charge in [-0.05, 0) is 13.8 Å². The lowest BCUT2D eigenvalue weighted by atomic mass is 10.0. The highest BCUT2D eigenvalue weighted by atomic mass is 16.5. The lowest BCUT2D eigenvalue weighted by Crippen LogP contribution is -2.54. The third kappa shape index (κ3) is 2.41. The molecule has 1 saturated heterocycles.